The van der Waals surface area contributed by atoms with E-state index in [4.69, 9.17) is 0 Å². The van der Waals surface area contributed by atoms with Crippen molar-refractivity contribution >= 4 is 21.9 Å². The summed E-state index contributed by atoms with van der Waals surface area (Å²) in [4.78, 5) is 23.4. The number of rotatable bonds is 4. The van der Waals surface area contributed by atoms with E-state index in [1.54, 1.807) is 19.1 Å². The highest BCUT2D eigenvalue weighted by Crippen LogP contribution is 2.33. The van der Waals surface area contributed by atoms with Crippen LogP contribution in [0.2, 0.25) is 0 Å². The number of carbonyl (C=O) groups excluding carboxylic acids is 1. The molecule has 1 aliphatic heterocycles. The molecule has 114 valence electrons. The summed E-state index contributed by atoms with van der Waals surface area (Å²) in [7, 11) is -4.14. The number of benzene rings is 1. The summed E-state index contributed by atoms with van der Waals surface area (Å²) in [5.74, 6) is -2.44. The summed E-state index contributed by atoms with van der Waals surface area (Å²) < 4.78 is 25.7. The Morgan fingerprint density at radius 1 is 1.33 bits per heavy atom. The highest BCUT2D eigenvalue weighted by molar-refractivity contribution is 7.89. The normalized spacial score (nSPS) is 22.6. The Bertz CT molecular complexity index is 665. The molecular weight excluding hydrogens is 294 g/mol. The Kier molecular flexibility index (Phi) is 4.04. The van der Waals surface area contributed by atoms with E-state index >= 15 is 0 Å². The maximum absolute atomic E-state index is 12.6. The summed E-state index contributed by atoms with van der Waals surface area (Å²) in [6.45, 7) is 3.56. The summed E-state index contributed by atoms with van der Waals surface area (Å²) >= 11 is 0. The van der Waals surface area contributed by atoms with Crippen LogP contribution in [0.5, 0.6) is 0 Å². The lowest BCUT2D eigenvalue weighted by Crippen LogP contribution is -2.44. The van der Waals surface area contributed by atoms with E-state index in [2.05, 4.69) is 0 Å². The quantitative estimate of drug-likeness (QED) is 0.907. The number of aliphatic carboxylic acids is 1. The van der Waals surface area contributed by atoms with Crippen LogP contribution in [0, 0.1) is 12.8 Å². The minimum atomic E-state index is -4.14. The van der Waals surface area contributed by atoms with E-state index in [1.165, 1.54) is 12.1 Å². The Morgan fingerprint density at radius 2 is 1.90 bits per heavy atom. The zero-order valence-electron chi connectivity index (χ0n) is 11.8. The van der Waals surface area contributed by atoms with Gasteiger partial charge >= 0.3 is 5.97 Å². The van der Waals surface area contributed by atoms with Gasteiger partial charge in [-0.3, -0.25) is 4.79 Å². The van der Waals surface area contributed by atoms with Gasteiger partial charge in [0, 0.05) is 6.42 Å². The molecule has 0 saturated carbocycles. The van der Waals surface area contributed by atoms with Gasteiger partial charge in [-0.1, -0.05) is 31.0 Å². The molecule has 1 amide bonds. The number of carboxylic acid groups (broad SMARTS) is 1. The van der Waals surface area contributed by atoms with Crippen molar-refractivity contribution in [1.29, 1.82) is 0 Å². The molecular formula is C14H17NO5S. The van der Waals surface area contributed by atoms with Crippen molar-refractivity contribution in [1.82, 2.24) is 4.31 Å². The topological polar surface area (TPSA) is 91.8 Å². The molecule has 1 aromatic carbocycles. The van der Waals surface area contributed by atoms with Crippen molar-refractivity contribution in [3.05, 3.63) is 29.8 Å². The van der Waals surface area contributed by atoms with Gasteiger partial charge in [0.2, 0.25) is 5.91 Å². The minimum Gasteiger partial charge on any atom is -0.480 e. The second-order valence-corrected chi connectivity index (χ2v) is 6.98. The molecule has 1 aromatic rings. The summed E-state index contributed by atoms with van der Waals surface area (Å²) in [5, 5.41) is 9.30. The number of amides is 1. The average Bonchev–Trinajstić information content (AvgIpc) is 2.77. The number of sulfonamides is 1. The van der Waals surface area contributed by atoms with Crippen molar-refractivity contribution in [3.63, 3.8) is 0 Å². The molecule has 0 radical (unpaired) electrons. The third kappa shape index (κ3) is 2.65. The molecule has 1 fully saturated rings. The number of hydrogen-bond donors (Lipinski definition) is 1. The van der Waals surface area contributed by atoms with E-state index in [1.807, 2.05) is 6.92 Å². The van der Waals surface area contributed by atoms with Crippen molar-refractivity contribution in [3.8, 4) is 0 Å². The van der Waals surface area contributed by atoms with Gasteiger partial charge in [0.15, 0.2) is 0 Å². The highest BCUT2D eigenvalue weighted by Gasteiger charge is 2.49. The van der Waals surface area contributed by atoms with E-state index in [0.29, 0.717) is 10.7 Å². The van der Waals surface area contributed by atoms with E-state index in [-0.39, 0.29) is 11.3 Å². The van der Waals surface area contributed by atoms with Gasteiger partial charge in [-0.25, -0.2) is 17.5 Å². The van der Waals surface area contributed by atoms with E-state index in [9.17, 15) is 23.1 Å². The van der Waals surface area contributed by atoms with Crippen LogP contribution in [0.1, 0.15) is 25.3 Å². The van der Waals surface area contributed by atoms with Gasteiger partial charge < -0.3 is 5.11 Å². The van der Waals surface area contributed by atoms with E-state index < -0.39 is 33.9 Å². The van der Waals surface area contributed by atoms with Crippen LogP contribution >= 0.6 is 0 Å². The largest absolute Gasteiger partial charge is 0.480 e. The fourth-order valence-corrected chi connectivity index (χ4v) is 4.16. The van der Waals surface area contributed by atoms with Gasteiger partial charge in [0.05, 0.1) is 4.90 Å². The maximum Gasteiger partial charge on any atom is 0.327 e. The van der Waals surface area contributed by atoms with Crippen LogP contribution in [0.15, 0.2) is 29.2 Å². The zero-order chi connectivity index (χ0) is 15.8. The monoisotopic (exact) mass is 311 g/mol. The predicted octanol–water partition coefficient (Wildman–Crippen LogP) is 1.40. The molecule has 21 heavy (non-hydrogen) atoms. The van der Waals surface area contributed by atoms with Crippen molar-refractivity contribution < 1.29 is 23.1 Å². The zero-order valence-corrected chi connectivity index (χ0v) is 12.6. The molecule has 0 spiro atoms. The number of nitrogens with zero attached hydrogens (tertiary/aromatic N) is 1. The Morgan fingerprint density at radius 3 is 2.38 bits per heavy atom. The molecule has 2 rings (SSSR count). The Balaban J connectivity index is 2.49. The minimum absolute atomic E-state index is 0.0570. The van der Waals surface area contributed by atoms with Crippen molar-refractivity contribution in [2.45, 2.75) is 37.6 Å². The smallest absolute Gasteiger partial charge is 0.327 e. The SMILES string of the molecule is CC[C@@H]1CC(=O)N(S(=O)(=O)c2ccc(C)cc2)[C@H]1C(=O)O. The maximum atomic E-state index is 12.6. The molecule has 1 saturated heterocycles. The van der Waals surface area contributed by atoms with Crippen LogP contribution in [-0.2, 0) is 19.6 Å². The van der Waals surface area contributed by atoms with Gasteiger partial charge in [0.25, 0.3) is 10.0 Å². The van der Waals surface area contributed by atoms with Crippen molar-refractivity contribution in [2.75, 3.05) is 0 Å². The number of aryl methyl sites for hydroxylation is 1. The first-order chi connectivity index (χ1) is 9.78. The van der Waals surface area contributed by atoms with Crippen LogP contribution in [0.25, 0.3) is 0 Å². The summed E-state index contributed by atoms with van der Waals surface area (Å²) in [6, 6.07) is 4.67. The third-order valence-electron chi connectivity index (χ3n) is 3.74. The highest BCUT2D eigenvalue weighted by atomic mass is 32.2. The molecule has 1 N–H and O–H groups in total. The number of carboxylic acids is 1. The lowest BCUT2D eigenvalue weighted by Gasteiger charge is -2.23. The molecule has 0 bridgehead atoms. The second-order valence-electron chi connectivity index (χ2n) is 5.16. The van der Waals surface area contributed by atoms with Crippen LogP contribution in [-0.4, -0.2) is 35.7 Å². The van der Waals surface area contributed by atoms with Gasteiger partial charge in [0.1, 0.15) is 6.04 Å². The third-order valence-corrected chi connectivity index (χ3v) is 5.55. The van der Waals surface area contributed by atoms with Crippen molar-refractivity contribution in [2.24, 2.45) is 5.92 Å². The molecule has 1 heterocycles. The first-order valence-electron chi connectivity index (χ1n) is 6.65. The molecule has 2 atom stereocenters. The fraction of sp³-hybridized carbons (Fsp3) is 0.429. The number of hydrogen-bond acceptors (Lipinski definition) is 4. The standard InChI is InChI=1S/C14H17NO5S/c1-3-10-8-12(16)15(13(10)14(17)18)21(19,20)11-6-4-9(2)5-7-11/h4-7,10,13H,3,8H2,1-2H3,(H,17,18)/t10-,13-/m1/s1. The predicted molar refractivity (Wildman–Crippen MR) is 75.0 cm³/mol. The lowest BCUT2D eigenvalue weighted by atomic mass is 9.98. The van der Waals surface area contributed by atoms with Gasteiger partial charge in [-0.2, -0.15) is 0 Å². The first-order valence-corrected chi connectivity index (χ1v) is 8.09. The molecule has 6 nitrogen and oxygen atoms in total. The van der Waals surface area contributed by atoms with Gasteiger partial charge in [-0.05, 0) is 25.0 Å². The lowest BCUT2D eigenvalue weighted by molar-refractivity contribution is -0.144. The molecule has 1 aliphatic rings. The molecule has 0 unspecified atom stereocenters. The van der Waals surface area contributed by atoms with Gasteiger partial charge in [-0.15, -0.1) is 0 Å². The Labute approximate surface area is 123 Å². The molecule has 0 aliphatic carbocycles. The number of carbonyl (C=O) groups is 2. The van der Waals surface area contributed by atoms with E-state index in [0.717, 1.165) is 5.56 Å². The van der Waals surface area contributed by atoms with Crippen LogP contribution in [0.4, 0.5) is 0 Å². The molecule has 0 aromatic heterocycles. The van der Waals surface area contributed by atoms with Crippen LogP contribution in [0.3, 0.4) is 0 Å². The fourth-order valence-electron chi connectivity index (χ4n) is 2.55. The summed E-state index contributed by atoms with van der Waals surface area (Å²) in [6.07, 6.45) is 0.376. The Hall–Kier alpha value is -1.89. The molecule has 7 heteroatoms. The first kappa shape index (κ1) is 15.5. The second kappa shape index (κ2) is 5.48. The van der Waals surface area contributed by atoms with Crippen LogP contribution < -0.4 is 0 Å². The summed E-state index contributed by atoms with van der Waals surface area (Å²) in [5.41, 5.74) is 0.878. The average molecular weight is 311 g/mol.